The molecule has 0 radical (unpaired) electrons. The lowest BCUT2D eigenvalue weighted by Crippen LogP contribution is -2.05. The number of aromatic carboxylic acids is 1. The van der Waals surface area contributed by atoms with E-state index in [1.54, 1.807) is 25.1 Å². The van der Waals surface area contributed by atoms with Gasteiger partial charge in [-0.2, -0.15) is 0 Å². The fourth-order valence-corrected chi connectivity index (χ4v) is 1.31. The van der Waals surface area contributed by atoms with Gasteiger partial charge in [-0.25, -0.2) is 9.78 Å². The van der Waals surface area contributed by atoms with E-state index in [4.69, 9.17) is 14.4 Å². The molecule has 0 atom stereocenters. The molecule has 0 aromatic carbocycles. The maximum Gasteiger partial charge on any atom is 0.358 e. The van der Waals surface area contributed by atoms with E-state index < -0.39 is 5.97 Å². The van der Waals surface area contributed by atoms with Crippen molar-refractivity contribution in [3.05, 3.63) is 41.5 Å². The summed E-state index contributed by atoms with van der Waals surface area (Å²) in [4.78, 5) is 14.6. The van der Waals surface area contributed by atoms with E-state index in [-0.39, 0.29) is 18.1 Å². The Morgan fingerprint density at radius 2 is 2.41 bits per heavy atom. The molecule has 0 aliphatic rings. The number of aryl methyl sites for hydroxylation is 1. The maximum absolute atomic E-state index is 10.9. The van der Waals surface area contributed by atoms with Crippen molar-refractivity contribution in [3.8, 4) is 5.75 Å². The Morgan fingerprint density at radius 3 is 3.06 bits per heavy atom. The van der Waals surface area contributed by atoms with E-state index in [1.165, 1.54) is 6.20 Å². The van der Waals surface area contributed by atoms with Gasteiger partial charge in [0.1, 0.15) is 18.1 Å². The number of rotatable bonds is 4. The summed E-state index contributed by atoms with van der Waals surface area (Å²) in [6.45, 7) is 1.91. The van der Waals surface area contributed by atoms with Gasteiger partial charge in [0.05, 0.1) is 0 Å². The summed E-state index contributed by atoms with van der Waals surface area (Å²) in [7, 11) is 0. The minimum absolute atomic E-state index is 0.118. The van der Waals surface area contributed by atoms with Crippen LogP contribution in [0.25, 0.3) is 0 Å². The van der Waals surface area contributed by atoms with Crippen LogP contribution < -0.4 is 4.74 Å². The Balaban J connectivity index is 2.11. The number of carbonyl (C=O) groups is 1. The third-order valence-electron chi connectivity index (χ3n) is 2.03. The quantitative estimate of drug-likeness (QED) is 0.865. The number of hydrogen-bond acceptors (Lipinski definition) is 5. The van der Waals surface area contributed by atoms with E-state index in [9.17, 15) is 4.79 Å². The second kappa shape index (κ2) is 4.65. The monoisotopic (exact) mass is 234 g/mol. The first-order valence-corrected chi connectivity index (χ1v) is 4.90. The molecule has 0 amide bonds. The molecule has 2 aromatic rings. The van der Waals surface area contributed by atoms with Crippen LogP contribution in [-0.2, 0) is 6.61 Å². The lowest BCUT2D eigenvalue weighted by Gasteiger charge is -2.05. The molecular formula is C11H10N2O4. The van der Waals surface area contributed by atoms with Crippen molar-refractivity contribution in [3.63, 3.8) is 0 Å². The molecule has 17 heavy (non-hydrogen) atoms. The van der Waals surface area contributed by atoms with Crippen LogP contribution in [0, 0.1) is 6.92 Å². The first kappa shape index (κ1) is 11.1. The van der Waals surface area contributed by atoms with Crippen molar-refractivity contribution >= 4 is 5.97 Å². The van der Waals surface area contributed by atoms with Crippen LogP contribution in [0.2, 0.25) is 0 Å². The van der Waals surface area contributed by atoms with Gasteiger partial charge in [-0.1, -0.05) is 5.16 Å². The van der Waals surface area contributed by atoms with Crippen LogP contribution in [0.5, 0.6) is 5.75 Å². The highest BCUT2D eigenvalue weighted by molar-refractivity contribution is 5.88. The summed E-state index contributed by atoms with van der Waals surface area (Å²) >= 11 is 0. The normalized spacial score (nSPS) is 10.2. The van der Waals surface area contributed by atoms with Gasteiger partial charge in [-0.15, -0.1) is 0 Å². The SMILES string of the molecule is Cc1cc(COc2cccnc2C(=O)O)no1. The van der Waals surface area contributed by atoms with E-state index in [0.29, 0.717) is 11.5 Å². The Morgan fingerprint density at radius 1 is 1.59 bits per heavy atom. The highest BCUT2D eigenvalue weighted by Crippen LogP contribution is 2.16. The van der Waals surface area contributed by atoms with Crippen molar-refractivity contribution in [2.24, 2.45) is 0 Å². The smallest absolute Gasteiger partial charge is 0.358 e. The molecule has 0 spiro atoms. The van der Waals surface area contributed by atoms with Crippen LogP contribution in [-0.4, -0.2) is 21.2 Å². The van der Waals surface area contributed by atoms with Crippen molar-refractivity contribution in [1.82, 2.24) is 10.1 Å². The van der Waals surface area contributed by atoms with Gasteiger partial charge in [-0.3, -0.25) is 0 Å². The number of hydrogen-bond donors (Lipinski definition) is 1. The topological polar surface area (TPSA) is 85.5 Å². The van der Waals surface area contributed by atoms with Crippen LogP contribution in [0.15, 0.2) is 28.9 Å². The standard InChI is InChI=1S/C11H10N2O4/c1-7-5-8(13-17-7)6-16-9-3-2-4-12-10(9)11(14)15/h2-5H,6H2,1H3,(H,14,15). The van der Waals surface area contributed by atoms with Gasteiger partial charge in [0.15, 0.2) is 11.4 Å². The molecule has 0 saturated heterocycles. The molecule has 0 unspecified atom stereocenters. The van der Waals surface area contributed by atoms with Gasteiger partial charge in [0, 0.05) is 12.3 Å². The highest BCUT2D eigenvalue weighted by atomic mass is 16.5. The first-order chi connectivity index (χ1) is 8.16. The summed E-state index contributed by atoms with van der Waals surface area (Å²) in [6, 6.07) is 4.87. The van der Waals surface area contributed by atoms with E-state index in [0.717, 1.165) is 0 Å². The Kier molecular flexibility index (Phi) is 3.04. The molecule has 6 nitrogen and oxygen atoms in total. The largest absolute Gasteiger partial charge is 0.485 e. The highest BCUT2D eigenvalue weighted by Gasteiger charge is 2.12. The average Bonchev–Trinajstić information content (AvgIpc) is 2.73. The molecule has 0 saturated carbocycles. The fourth-order valence-electron chi connectivity index (χ4n) is 1.31. The van der Waals surface area contributed by atoms with Gasteiger partial charge in [0.25, 0.3) is 0 Å². The van der Waals surface area contributed by atoms with Crippen LogP contribution in [0.4, 0.5) is 0 Å². The molecule has 2 rings (SSSR count). The Bertz CT molecular complexity index is 536. The molecule has 0 fully saturated rings. The predicted octanol–water partition coefficient (Wildman–Crippen LogP) is 1.66. The van der Waals surface area contributed by atoms with E-state index in [1.807, 2.05) is 0 Å². The second-order valence-corrected chi connectivity index (χ2v) is 3.37. The molecule has 0 bridgehead atoms. The van der Waals surface area contributed by atoms with Crippen LogP contribution >= 0.6 is 0 Å². The van der Waals surface area contributed by atoms with Gasteiger partial charge in [-0.05, 0) is 19.1 Å². The molecule has 2 aromatic heterocycles. The van der Waals surface area contributed by atoms with E-state index >= 15 is 0 Å². The lowest BCUT2D eigenvalue weighted by molar-refractivity contribution is 0.0684. The summed E-state index contributed by atoms with van der Waals surface area (Å²) in [6.07, 6.45) is 1.40. The van der Waals surface area contributed by atoms with Gasteiger partial charge >= 0.3 is 5.97 Å². The van der Waals surface area contributed by atoms with Crippen LogP contribution in [0.1, 0.15) is 21.9 Å². The third-order valence-corrected chi connectivity index (χ3v) is 2.03. The lowest BCUT2D eigenvalue weighted by atomic mass is 10.3. The molecule has 88 valence electrons. The predicted molar refractivity (Wildman–Crippen MR) is 56.8 cm³/mol. The molecule has 1 N–H and O–H groups in total. The fraction of sp³-hybridized carbons (Fsp3) is 0.182. The number of ether oxygens (including phenoxy) is 1. The summed E-state index contributed by atoms with van der Waals surface area (Å²) in [5.41, 5.74) is 0.482. The molecular weight excluding hydrogens is 224 g/mol. The van der Waals surface area contributed by atoms with Gasteiger partial charge < -0.3 is 14.4 Å². The summed E-state index contributed by atoms with van der Waals surface area (Å²) < 4.78 is 10.2. The maximum atomic E-state index is 10.9. The number of carboxylic acid groups (broad SMARTS) is 1. The number of nitrogens with zero attached hydrogens (tertiary/aromatic N) is 2. The Labute approximate surface area is 96.8 Å². The average molecular weight is 234 g/mol. The zero-order chi connectivity index (χ0) is 12.3. The number of aromatic nitrogens is 2. The van der Waals surface area contributed by atoms with Crippen LogP contribution in [0.3, 0.4) is 0 Å². The van der Waals surface area contributed by atoms with Gasteiger partial charge in [0.2, 0.25) is 0 Å². The second-order valence-electron chi connectivity index (χ2n) is 3.37. The van der Waals surface area contributed by atoms with Crippen molar-refractivity contribution in [1.29, 1.82) is 0 Å². The number of pyridine rings is 1. The molecule has 0 aliphatic heterocycles. The zero-order valence-corrected chi connectivity index (χ0v) is 9.08. The van der Waals surface area contributed by atoms with E-state index in [2.05, 4.69) is 10.1 Å². The van der Waals surface area contributed by atoms with Crippen molar-refractivity contribution in [2.75, 3.05) is 0 Å². The minimum atomic E-state index is -1.13. The first-order valence-electron chi connectivity index (χ1n) is 4.90. The summed E-state index contributed by atoms with van der Waals surface area (Å²) in [5.74, 6) is -0.245. The number of carboxylic acids is 1. The third kappa shape index (κ3) is 2.60. The zero-order valence-electron chi connectivity index (χ0n) is 9.08. The molecule has 2 heterocycles. The summed E-state index contributed by atoms with van der Waals surface area (Å²) in [5, 5.41) is 12.6. The van der Waals surface area contributed by atoms with Crippen molar-refractivity contribution < 1.29 is 19.2 Å². The van der Waals surface area contributed by atoms with Crippen molar-refractivity contribution in [2.45, 2.75) is 13.5 Å². The minimum Gasteiger partial charge on any atom is -0.485 e. The molecule has 6 heteroatoms. The molecule has 0 aliphatic carbocycles. The Hall–Kier alpha value is -2.37.